The topological polar surface area (TPSA) is 32.7 Å². The quantitative estimate of drug-likeness (QED) is 0.456. The Hall–Kier alpha value is -1.17. The number of benzene rings is 2. The number of hydrogen-bond donors (Lipinski definition) is 0. The van der Waals surface area contributed by atoms with E-state index < -0.39 is 0 Å². The van der Waals surface area contributed by atoms with Crippen LogP contribution in [0.5, 0.6) is 0 Å². The average molecular weight is 406 g/mol. The zero-order valence-electron chi connectivity index (χ0n) is 13.3. The molecule has 24 heavy (non-hydrogen) atoms. The molecule has 0 aliphatic carbocycles. The molecule has 3 rings (SSSR count). The Bertz CT molecular complexity index is 896. The van der Waals surface area contributed by atoms with E-state index in [4.69, 9.17) is 0 Å². The van der Waals surface area contributed by atoms with Gasteiger partial charge in [-0.25, -0.2) is 0 Å². The molecule has 3 nitrogen and oxygen atoms in total. The molecule has 0 aliphatic heterocycles. The van der Waals surface area contributed by atoms with Crippen molar-refractivity contribution in [3.63, 3.8) is 0 Å². The number of rotatable bonds is 3. The SMILES string of the molecule is C=NC(c1cccc2sc3ccccc3c(=O)c12)N(C)C.Cl.Cl.Cl. The van der Waals surface area contributed by atoms with Gasteiger partial charge in [-0.2, -0.15) is 0 Å². The summed E-state index contributed by atoms with van der Waals surface area (Å²) in [4.78, 5) is 19.0. The highest BCUT2D eigenvalue weighted by atomic mass is 35.5. The summed E-state index contributed by atoms with van der Waals surface area (Å²) in [6.45, 7) is 3.67. The van der Waals surface area contributed by atoms with Crippen molar-refractivity contribution in [2.24, 2.45) is 4.99 Å². The summed E-state index contributed by atoms with van der Waals surface area (Å²) < 4.78 is 2.01. The largest absolute Gasteiger partial charge is 0.288 e. The fraction of sp³-hybridized carbons (Fsp3) is 0.176. The van der Waals surface area contributed by atoms with Gasteiger partial charge in [-0.05, 0) is 39.0 Å². The highest BCUT2D eigenvalue weighted by molar-refractivity contribution is 7.24. The molecule has 0 N–H and O–H groups in total. The number of hydrogen-bond acceptors (Lipinski definition) is 4. The Kier molecular flexibility index (Phi) is 8.89. The molecule has 3 aromatic rings. The van der Waals surface area contributed by atoms with Crippen molar-refractivity contribution >= 4 is 75.4 Å². The van der Waals surface area contributed by atoms with E-state index in [1.807, 2.05) is 61.5 Å². The van der Waals surface area contributed by atoms with Crippen LogP contribution in [-0.4, -0.2) is 25.7 Å². The van der Waals surface area contributed by atoms with Crippen LogP contribution in [0.25, 0.3) is 20.2 Å². The molecule has 1 heterocycles. The number of nitrogens with zero attached hydrogens (tertiary/aromatic N) is 2. The monoisotopic (exact) mass is 404 g/mol. The van der Waals surface area contributed by atoms with Gasteiger partial charge >= 0.3 is 0 Å². The Balaban J connectivity index is 0.00000176. The molecular formula is C17H19Cl3N2OS. The first-order valence-corrected chi connectivity index (χ1v) is 7.52. The predicted octanol–water partition coefficient (Wildman–Crippen LogP) is 4.94. The van der Waals surface area contributed by atoms with Gasteiger partial charge in [-0.1, -0.05) is 24.3 Å². The van der Waals surface area contributed by atoms with E-state index in [-0.39, 0.29) is 48.8 Å². The predicted molar refractivity (Wildman–Crippen MR) is 113 cm³/mol. The van der Waals surface area contributed by atoms with Crippen LogP contribution >= 0.6 is 48.6 Å². The first-order chi connectivity index (χ1) is 10.1. The van der Waals surface area contributed by atoms with Gasteiger partial charge in [0.15, 0.2) is 5.43 Å². The number of aliphatic imine (C=N–C) groups is 1. The zero-order valence-corrected chi connectivity index (χ0v) is 16.5. The molecule has 1 unspecified atom stereocenters. The highest BCUT2D eigenvalue weighted by Gasteiger charge is 2.17. The van der Waals surface area contributed by atoms with Crippen LogP contribution in [-0.2, 0) is 0 Å². The van der Waals surface area contributed by atoms with Crippen LogP contribution in [0.15, 0.2) is 52.3 Å². The normalized spacial score (nSPS) is 11.3. The van der Waals surface area contributed by atoms with Gasteiger partial charge in [-0.3, -0.25) is 14.7 Å². The van der Waals surface area contributed by atoms with Crippen molar-refractivity contribution in [2.75, 3.05) is 14.1 Å². The Morgan fingerprint density at radius 3 is 2.25 bits per heavy atom. The van der Waals surface area contributed by atoms with Crippen molar-refractivity contribution in [1.82, 2.24) is 4.90 Å². The van der Waals surface area contributed by atoms with E-state index in [9.17, 15) is 4.79 Å². The summed E-state index contributed by atoms with van der Waals surface area (Å²) in [5, 5.41) is 1.52. The smallest absolute Gasteiger partial charge is 0.196 e. The van der Waals surface area contributed by atoms with Crippen molar-refractivity contribution < 1.29 is 0 Å². The molecule has 7 heteroatoms. The van der Waals surface area contributed by atoms with E-state index in [0.717, 1.165) is 25.7 Å². The molecule has 0 amide bonds. The Labute approximate surface area is 163 Å². The highest BCUT2D eigenvalue weighted by Crippen LogP contribution is 2.30. The standard InChI is InChI=1S/C17H16N2OS.3ClH/c1-18-17(19(2)3)12-8-6-10-14-15(12)16(20)11-7-4-5-9-13(11)21-14;;;/h4-10,17H,1H2,2-3H3;3*1H. The van der Waals surface area contributed by atoms with Crippen molar-refractivity contribution in [2.45, 2.75) is 6.17 Å². The third-order valence-corrected chi connectivity index (χ3v) is 4.71. The maximum Gasteiger partial charge on any atom is 0.196 e. The van der Waals surface area contributed by atoms with Gasteiger partial charge < -0.3 is 0 Å². The number of halogens is 3. The Morgan fingerprint density at radius 1 is 1.00 bits per heavy atom. The molecule has 0 aliphatic rings. The summed E-state index contributed by atoms with van der Waals surface area (Å²) in [5.41, 5.74) is 0.991. The average Bonchev–Trinajstić information content (AvgIpc) is 2.48. The van der Waals surface area contributed by atoms with Crippen LogP contribution in [0.4, 0.5) is 0 Å². The van der Waals surface area contributed by atoms with E-state index in [0.29, 0.717) is 0 Å². The van der Waals surface area contributed by atoms with Gasteiger partial charge in [-0.15, -0.1) is 48.6 Å². The van der Waals surface area contributed by atoms with Gasteiger partial charge in [0.25, 0.3) is 0 Å². The first kappa shape index (κ1) is 22.8. The summed E-state index contributed by atoms with van der Waals surface area (Å²) >= 11 is 1.64. The lowest BCUT2D eigenvalue weighted by atomic mass is 10.1. The molecule has 1 aromatic heterocycles. The minimum absolute atomic E-state index is 0. The van der Waals surface area contributed by atoms with E-state index in [1.54, 1.807) is 11.3 Å². The minimum Gasteiger partial charge on any atom is -0.288 e. The van der Waals surface area contributed by atoms with Crippen LogP contribution in [0, 0.1) is 0 Å². The lowest BCUT2D eigenvalue weighted by Crippen LogP contribution is -2.19. The molecule has 0 bridgehead atoms. The minimum atomic E-state index is -0.213. The van der Waals surface area contributed by atoms with Gasteiger partial charge in [0.05, 0.1) is 0 Å². The second-order valence-corrected chi connectivity index (χ2v) is 6.25. The molecule has 130 valence electrons. The van der Waals surface area contributed by atoms with Gasteiger partial charge in [0, 0.05) is 25.7 Å². The maximum absolute atomic E-state index is 12.9. The molecular weight excluding hydrogens is 387 g/mol. The van der Waals surface area contributed by atoms with E-state index in [2.05, 4.69) is 11.7 Å². The molecule has 1 atom stereocenters. The van der Waals surface area contributed by atoms with Crippen molar-refractivity contribution in [3.05, 3.63) is 58.3 Å². The number of fused-ring (bicyclic) bond motifs is 2. The third kappa shape index (κ3) is 3.90. The maximum atomic E-state index is 12.9. The van der Waals surface area contributed by atoms with E-state index >= 15 is 0 Å². The van der Waals surface area contributed by atoms with Gasteiger partial charge in [0.2, 0.25) is 0 Å². The fourth-order valence-electron chi connectivity index (χ4n) is 2.63. The first-order valence-electron chi connectivity index (χ1n) is 6.70. The van der Waals surface area contributed by atoms with Crippen LogP contribution in [0.3, 0.4) is 0 Å². The van der Waals surface area contributed by atoms with Crippen molar-refractivity contribution in [3.8, 4) is 0 Å². The molecule has 0 saturated carbocycles. The second kappa shape index (κ2) is 9.35. The molecule has 0 radical (unpaired) electrons. The van der Waals surface area contributed by atoms with Crippen LogP contribution in [0.1, 0.15) is 11.7 Å². The van der Waals surface area contributed by atoms with Gasteiger partial charge in [0.1, 0.15) is 6.17 Å². The summed E-state index contributed by atoms with van der Waals surface area (Å²) in [6.07, 6.45) is -0.213. The van der Waals surface area contributed by atoms with Crippen molar-refractivity contribution in [1.29, 1.82) is 0 Å². The Morgan fingerprint density at radius 2 is 1.62 bits per heavy atom. The van der Waals surface area contributed by atoms with Crippen LogP contribution < -0.4 is 5.43 Å². The molecule has 2 aromatic carbocycles. The van der Waals surface area contributed by atoms with E-state index in [1.165, 1.54) is 0 Å². The second-order valence-electron chi connectivity index (χ2n) is 5.17. The third-order valence-electron chi connectivity index (χ3n) is 3.58. The molecule has 0 saturated heterocycles. The fourth-order valence-corrected chi connectivity index (χ4v) is 3.74. The lowest BCUT2D eigenvalue weighted by molar-refractivity contribution is 0.313. The van der Waals surface area contributed by atoms with Crippen LogP contribution in [0.2, 0.25) is 0 Å². The lowest BCUT2D eigenvalue weighted by Gasteiger charge is -2.21. The zero-order chi connectivity index (χ0) is 15.0. The summed E-state index contributed by atoms with van der Waals surface area (Å²) in [5.74, 6) is 0. The summed E-state index contributed by atoms with van der Waals surface area (Å²) in [6, 6.07) is 13.7. The molecule has 0 fully saturated rings. The summed E-state index contributed by atoms with van der Waals surface area (Å²) in [7, 11) is 3.88. The molecule has 0 spiro atoms.